The van der Waals surface area contributed by atoms with Gasteiger partial charge in [-0.2, -0.15) is 0 Å². The van der Waals surface area contributed by atoms with Crippen LogP contribution in [0.25, 0.3) is 0 Å². The molecule has 5 nitrogen and oxygen atoms in total. The molecule has 2 atom stereocenters. The molecule has 2 heterocycles. The first-order valence-corrected chi connectivity index (χ1v) is 9.07. The van der Waals surface area contributed by atoms with Crippen molar-refractivity contribution in [3.63, 3.8) is 0 Å². The summed E-state index contributed by atoms with van der Waals surface area (Å²) < 4.78 is 26.8. The van der Waals surface area contributed by atoms with Crippen molar-refractivity contribution < 1.29 is 13.6 Å². The number of benzene rings is 1. The van der Waals surface area contributed by atoms with Gasteiger partial charge in [0.05, 0.1) is 5.01 Å². The fourth-order valence-corrected chi connectivity index (χ4v) is 3.84. The van der Waals surface area contributed by atoms with Gasteiger partial charge in [-0.15, -0.1) is 11.3 Å². The molecule has 8 heteroatoms. The molecule has 0 aliphatic carbocycles. The smallest absolute Gasteiger partial charge is 0.271 e. The van der Waals surface area contributed by atoms with Gasteiger partial charge >= 0.3 is 0 Å². The Kier molecular flexibility index (Phi) is 5.72. The molecule has 3 rings (SSSR count). The molecule has 2 aromatic rings. The standard InChI is InChI=1S/C17H20F2N4OS/c18-12-2-1-10(7-13(12)19)11-4-6-21-8-14(11)23-17(24)15-9-25-16(22-15)3-5-20/h1-2,7,9,11,14,21H,3-6,8,20H2,(H,23,24). The number of rotatable bonds is 5. The Labute approximate surface area is 148 Å². The van der Waals surface area contributed by atoms with Crippen LogP contribution in [0.4, 0.5) is 8.78 Å². The minimum absolute atomic E-state index is 0.0811. The first kappa shape index (κ1) is 17.9. The molecule has 0 spiro atoms. The third kappa shape index (κ3) is 4.20. The van der Waals surface area contributed by atoms with E-state index in [1.54, 1.807) is 11.4 Å². The molecule has 1 aromatic heterocycles. The molecule has 1 saturated heterocycles. The van der Waals surface area contributed by atoms with Gasteiger partial charge in [0, 0.05) is 30.3 Å². The minimum atomic E-state index is -0.868. The number of piperidine rings is 1. The number of nitrogens with two attached hydrogens (primary N) is 1. The van der Waals surface area contributed by atoms with E-state index in [9.17, 15) is 13.6 Å². The maximum absolute atomic E-state index is 13.6. The van der Waals surface area contributed by atoms with E-state index >= 15 is 0 Å². The number of carbonyl (C=O) groups is 1. The van der Waals surface area contributed by atoms with E-state index in [0.717, 1.165) is 24.0 Å². The van der Waals surface area contributed by atoms with Gasteiger partial charge in [-0.05, 0) is 37.2 Å². The topological polar surface area (TPSA) is 80.0 Å². The molecule has 25 heavy (non-hydrogen) atoms. The number of amides is 1. The van der Waals surface area contributed by atoms with Gasteiger partial charge in [-0.1, -0.05) is 6.07 Å². The average molecular weight is 366 g/mol. The maximum Gasteiger partial charge on any atom is 0.271 e. The minimum Gasteiger partial charge on any atom is -0.346 e. The van der Waals surface area contributed by atoms with Gasteiger partial charge in [0.15, 0.2) is 11.6 Å². The zero-order valence-corrected chi connectivity index (χ0v) is 14.4. The third-order valence-corrected chi connectivity index (χ3v) is 5.22. The van der Waals surface area contributed by atoms with Crippen LogP contribution in [0, 0.1) is 11.6 Å². The summed E-state index contributed by atoms with van der Waals surface area (Å²) in [4.78, 5) is 16.8. The number of hydrogen-bond acceptors (Lipinski definition) is 5. The Bertz CT molecular complexity index is 752. The summed E-state index contributed by atoms with van der Waals surface area (Å²) in [6.45, 7) is 1.81. The highest BCUT2D eigenvalue weighted by atomic mass is 32.1. The Morgan fingerprint density at radius 1 is 1.40 bits per heavy atom. The first-order valence-electron chi connectivity index (χ1n) is 8.19. The van der Waals surface area contributed by atoms with Crippen LogP contribution in [0.2, 0.25) is 0 Å². The second-order valence-corrected chi connectivity index (χ2v) is 6.96. The Balaban J connectivity index is 1.73. The summed E-state index contributed by atoms with van der Waals surface area (Å²) >= 11 is 1.41. The van der Waals surface area contributed by atoms with E-state index in [-0.39, 0.29) is 17.9 Å². The molecular formula is C17H20F2N4OS. The predicted molar refractivity (Wildman–Crippen MR) is 92.7 cm³/mol. The maximum atomic E-state index is 13.6. The molecule has 2 unspecified atom stereocenters. The SMILES string of the molecule is NCCc1nc(C(=O)NC2CNCCC2c2ccc(F)c(F)c2)cs1. The number of carbonyl (C=O) groups excluding carboxylic acids is 1. The largest absolute Gasteiger partial charge is 0.346 e. The van der Waals surface area contributed by atoms with Gasteiger partial charge in [-0.3, -0.25) is 4.79 Å². The van der Waals surface area contributed by atoms with E-state index in [1.807, 2.05) is 0 Å². The molecule has 1 aliphatic rings. The van der Waals surface area contributed by atoms with Crippen molar-refractivity contribution >= 4 is 17.2 Å². The summed E-state index contributed by atoms with van der Waals surface area (Å²) in [5, 5.41) is 8.73. The number of aromatic nitrogens is 1. The molecule has 0 bridgehead atoms. The fourth-order valence-electron chi connectivity index (χ4n) is 3.05. The first-order chi connectivity index (χ1) is 12.1. The third-order valence-electron chi connectivity index (χ3n) is 4.31. The second-order valence-electron chi connectivity index (χ2n) is 6.02. The molecule has 1 aliphatic heterocycles. The van der Waals surface area contributed by atoms with E-state index < -0.39 is 11.6 Å². The van der Waals surface area contributed by atoms with Crippen LogP contribution in [-0.2, 0) is 6.42 Å². The molecule has 1 amide bonds. The molecule has 0 radical (unpaired) electrons. The van der Waals surface area contributed by atoms with Crippen LogP contribution in [0.3, 0.4) is 0 Å². The fraction of sp³-hybridized carbons (Fsp3) is 0.412. The van der Waals surface area contributed by atoms with Crippen LogP contribution in [0.15, 0.2) is 23.6 Å². The molecule has 0 saturated carbocycles. The van der Waals surface area contributed by atoms with Crippen molar-refractivity contribution in [2.24, 2.45) is 5.73 Å². The van der Waals surface area contributed by atoms with Crippen molar-refractivity contribution in [1.29, 1.82) is 0 Å². The molecule has 1 aromatic carbocycles. The lowest BCUT2D eigenvalue weighted by Crippen LogP contribution is -2.50. The summed E-state index contributed by atoms with van der Waals surface area (Å²) in [6, 6.07) is 3.71. The van der Waals surface area contributed by atoms with Crippen molar-refractivity contribution in [3.05, 3.63) is 51.5 Å². The van der Waals surface area contributed by atoms with Crippen molar-refractivity contribution in [1.82, 2.24) is 15.6 Å². The number of nitrogens with zero attached hydrogens (tertiary/aromatic N) is 1. The number of nitrogens with one attached hydrogen (secondary N) is 2. The van der Waals surface area contributed by atoms with Crippen molar-refractivity contribution in [2.45, 2.75) is 24.8 Å². The molecule has 1 fully saturated rings. The van der Waals surface area contributed by atoms with Gasteiger partial charge in [0.2, 0.25) is 0 Å². The van der Waals surface area contributed by atoms with Crippen LogP contribution < -0.4 is 16.4 Å². The van der Waals surface area contributed by atoms with E-state index in [2.05, 4.69) is 15.6 Å². The van der Waals surface area contributed by atoms with E-state index in [1.165, 1.54) is 17.4 Å². The zero-order valence-electron chi connectivity index (χ0n) is 13.6. The lowest BCUT2D eigenvalue weighted by molar-refractivity contribution is 0.0920. The van der Waals surface area contributed by atoms with Crippen molar-refractivity contribution in [3.8, 4) is 0 Å². The summed E-state index contributed by atoms with van der Waals surface area (Å²) in [6.07, 6.45) is 1.37. The Morgan fingerprint density at radius 2 is 2.24 bits per heavy atom. The molecular weight excluding hydrogens is 346 g/mol. The van der Waals surface area contributed by atoms with Crippen molar-refractivity contribution in [2.75, 3.05) is 19.6 Å². The van der Waals surface area contributed by atoms with Crippen LogP contribution >= 0.6 is 11.3 Å². The number of halogens is 2. The Morgan fingerprint density at radius 3 is 3.00 bits per heavy atom. The molecule has 4 N–H and O–H groups in total. The van der Waals surface area contributed by atoms with Gasteiger partial charge < -0.3 is 16.4 Å². The van der Waals surface area contributed by atoms with Gasteiger partial charge in [-0.25, -0.2) is 13.8 Å². The van der Waals surface area contributed by atoms with Crippen LogP contribution in [0.5, 0.6) is 0 Å². The lowest BCUT2D eigenvalue weighted by Gasteiger charge is -2.33. The average Bonchev–Trinajstić information content (AvgIpc) is 3.07. The highest BCUT2D eigenvalue weighted by molar-refractivity contribution is 7.09. The second kappa shape index (κ2) is 7.99. The van der Waals surface area contributed by atoms with Crippen LogP contribution in [-0.4, -0.2) is 36.6 Å². The Hall–Kier alpha value is -1.90. The lowest BCUT2D eigenvalue weighted by atomic mass is 9.86. The van der Waals surface area contributed by atoms with E-state index in [0.29, 0.717) is 30.8 Å². The van der Waals surface area contributed by atoms with E-state index in [4.69, 9.17) is 5.73 Å². The predicted octanol–water partition coefficient (Wildman–Crippen LogP) is 1.80. The highest BCUT2D eigenvalue weighted by Gasteiger charge is 2.29. The summed E-state index contributed by atoms with van der Waals surface area (Å²) in [5.74, 6) is -2.08. The monoisotopic (exact) mass is 366 g/mol. The van der Waals surface area contributed by atoms with Gasteiger partial charge in [0.25, 0.3) is 5.91 Å². The normalized spacial score (nSPS) is 20.4. The quantitative estimate of drug-likeness (QED) is 0.754. The van der Waals surface area contributed by atoms with Crippen LogP contribution in [0.1, 0.15) is 33.4 Å². The summed E-state index contributed by atoms with van der Waals surface area (Å²) in [5.41, 5.74) is 6.55. The molecule has 134 valence electrons. The number of hydrogen-bond donors (Lipinski definition) is 3. The number of thiazole rings is 1. The van der Waals surface area contributed by atoms with Gasteiger partial charge in [0.1, 0.15) is 5.69 Å². The highest BCUT2D eigenvalue weighted by Crippen LogP contribution is 2.27. The summed E-state index contributed by atoms with van der Waals surface area (Å²) in [7, 11) is 0. The zero-order chi connectivity index (χ0) is 17.8.